The van der Waals surface area contributed by atoms with Crippen LogP contribution in [0.3, 0.4) is 0 Å². The molecule has 0 aliphatic heterocycles. The van der Waals surface area contributed by atoms with Gasteiger partial charge in [0.05, 0.1) is 0 Å². The Morgan fingerprint density at radius 2 is 1.67 bits per heavy atom. The average Bonchev–Trinajstić information content (AvgIpc) is 2.17. The van der Waals surface area contributed by atoms with Crippen molar-refractivity contribution in [2.24, 2.45) is 0 Å². The lowest BCUT2D eigenvalue weighted by molar-refractivity contribution is 0.403. The predicted octanol–water partition coefficient (Wildman–Crippen LogP) is 2.61. The lowest BCUT2D eigenvalue weighted by Gasteiger charge is -2.10. The van der Waals surface area contributed by atoms with Crippen LogP contribution in [0.2, 0.25) is 0 Å². The highest BCUT2D eigenvalue weighted by molar-refractivity contribution is 5.84. The molecule has 0 unspecified atom stereocenters. The van der Waals surface area contributed by atoms with Gasteiger partial charge in [0.25, 0.3) is 0 Å². The monoisotopic (exact) mass is 201 g/mol. The molecule has 2 aromatic rings. The highest BCUT2D eigenvalue weighted by Crippen LogP contribution is 2.21. The van der Waals surface area contributed by atoms with Crippen molar-refractivity contribution in [2.75, 3.05) is 14.1 Å². The molecule has 2 rings (SSSR count). The maximum absolute atomic E-state index is 9.34. The molecule has 2 nitrogen and oxygen atoms in total. The topological polar surface area (TPSA) is 23.5 Å². The Labute approximate surface area is 89.8 Å². The Morgan fingerprint density at radius 1 is 1.00 bits per heavy atom. The first-order valence-electron chi connectivity index (χ1n) is 5.01. The number of nitrogens with zero attached hydrogens (tertiary/aromatic N) is 1. The summed E-state index contributed by atoms with van der Waals surface area (Å²) in [5.41, 5.74) is 1.29. The van der Waals surface area contributed by atoms with Gasteiger partial charge in [-0.05, 0) is 48.6 Å². The molecule has 0 aliphatic carbocycles. The minimum Gasteiger partial charge on any atom is -0.508 e. The molecule has 0 saturated heterocycles. The van der Waals surface area contributed by atoms with Gasteiger partial charge >= 0.3 is 0 Å². The first-order chi connectivity index (χ1) is 7.15. The second-order valence-electron chi connectivity index (χ2n) is 4.10. The van der Waals surface area contributed by atoms with Gasteiger partial charge in [0, 0.05) is 6.54 Å². The molecule has 2 heteroatoms. The third-order valence-electron chi connectivity index (χ3n) is 2.39. The third kappa shape index (κ3) is 2.28. The number of benzene rings is 2. The van der Waals surface area contributed by atoms with Gasteiger partial charge in [0.1, 0.15) is 5.75 Å². The second-order valence-corrected chi connectivity index (χ2v) is 4.10. The van der Waals surface area contributed by atoms with Crippen molar-refractivity contribution in [1.82, 2.24) is 4.90 Å². The number of hydrogen-bond acceptors (Lipinski definition) is 2. The number of phenols is 1. The summed E-state index contributed by atoms with van der Waals surface area (Å²) in [5, 5.41) is 11.6. The zero-order chi connectivity index (χ0) is 10.8. The van der Waals surface area contributed by atoms with E-state index in [0.29, 0.717) is 5.75 Å². The molecule has 0 bridgehead atoms. The summed E-state index contributed by atoms with van der Waals surface area (Å²) in [6, 6.07) is 11.8. The van der Waals surface area contributed by atoms with E-state index in [-0.39, 0.29) is 0 Å². The molecule has 78 valence electrons. The SMILES string of the molecule is CN(C)Cc1ccc2cc(O)ccc2c1. The molecule has 0 amide bonds. The Kier molecular flexibility index (Phi) is 2.60. The summed E-state index contributed by atoms with van der Waals surface area (Å²) in [4.78, 5) is 2.14. The van der Waals surface area contributed by atoms with E-state index in [1.165, 1.54) is 10.9 Å². The minimum atomic E-state index is 0.322. The fraction of sp³-hybridized carbons (Fsp3) is 0.231. The number of hydrogen-bond donors (Lipinski definition) is 1. The average molecular weight is 201 g/mol. The maximum Gasteiger partial charge on any atom is 0.116 e. The van der Waals surface area contributed by atoms with Gasteiger partial charge in [-0.3, -0.25) is 0 Å². The van der Waals surface area contributed by atoms with Crippen LogP contribution in [-0.4, -0.2) is 24.1 Å². The zero-order valence-corrected chi connectivity index (χ0v) is 9.07. The molecule has 15 heavy (non-hydrogen) atoms. The van der Waals surface area contributed by atoms with Gasteiger partial charge in [0.2, 0.25) is 0 Å². The van der Waals surface area contributed by atoms with Gasteiger partial charge in [0.15, 0.2) is 0 Å². The molecule has 0 fully saturated rings. The molecular formula is C13H15NO. The summed E-state index contributed by atoms with van der Waals surface area (Å²) in [6.45, 7) is 0.941. The van der Waals surface area contributed by atoms with Crippen molar-refractivity contribution < 1.29 is 5.11 Å². The molecule has 0 atom stereocenters. The molecule has 0 spiro atoms. The summed E-state index contributed by atoms with van der Waals surface area (Å²) >= 11 is 0. The Balaban J connectivity index is 2.43. The molecular weight excluding hydrogens is 186 g/mol. The number of aromatic hydroxyl groups is 1. The summed E-state index contributed by atoms with van der Waals surface area (Å²) < 4.78 is 0. The van der Waals surface area contributed by atoms with Gasteiger partial charge in [-0.15, -0.1) is 0 Å². The van der Waals surface area contributed by atoms with Crippen LogP contribution in [0.5, 0.6) is 5.75 Å². The molecule has 0 radical (unpaired) electrons. The molecule has 0 heterocycles. The molecule has 1 N–H and O–H groups in total. The van der Waals surface area contributed by atoms with Crippen molar-refractivity contribution in [3.8, 4) is 5.75 Å². The van der Waals surface area contributed by atoms with Crippen LogP contribution in [0, 0.1) is 0 Å². The van der Waals surface area contributed by atoms with Crippen LogP contribution >= 0.6 is 0 Å². The first-order valence-corrected chi connectivity index (χ1v) is 5.01. The summed E-state index contributed by atoms with van der Waals surface area (Å²) in [5.74, 6) is 0.322. The molecule has 0 aliphatic rings. The van der Waals surface area contributed by atoms with Crippen LogP contribution in [0.15, 0.2) is 36.4 Å². The molecule has 0 aromatic heterocycles. The van der Waals surface area contributed by atoms with Crippen LogP contribution < -0.4 is 0 Å². The van der Waals surface area contributed by atoms with Gasteiger partial charge in [-0.2, -0.15) is 0 Å². The van der Waals surface area contributed by atoms with E-state index in [2.05, 4.69) is 31.1 Å². The Hall–Kier alpha value is -1.54. The molecule has 2 aromatic carbocycles. The first kappa shape index (κ1) is 9.99. The van der Waals surface area contributed by atoms with E-state index >= 15 is 0 Å². The van der Waals surface area contributed by atoms with Crippen LogP contribution in [0.25, 0.3) is 10.8 Å². The summed E-state index contributed by atoms with van der Waals surface area (Å²) in [6.07, 6.45) is 0. The van der Waals surface area contributed by atoms with Crippen molar-refractivity contribution in [3.63, 3.8) is 0 Å². The van der Waals surface area contributed by atoms with Crippen LogP contribution in [0.4, 0.5) is 0 Å². The van der Waals surface area contributed by atoms with E-state index < -0.39 is 0 Å². The largest absolute Gasteiger partial charge is 0.508 e. The van der Waals surface area contributed by atoms with Gasteiger partial charge in [-0.25, -0.2) is 0 Å². The standard InChI is InChI=1S/C13H15NO/c1-14(2)9-10-3-4-12-8-13(15)6-5-11(12)7-10/h3-8,15H,9H2,1-2H3. The van der Waals surface area contributed by atoms with Crippen LogP contribution in [-0.2, 0) is 6.54 Å². The highest BCUT2D eigenvalue weighted by Gasteiger charge is 1.98. The maximum atomic E-state index is 9.34. The lowest BCUT2D eigenvalue weighted by atomic mass is 10.1. The van der Waals surface area contributed by atoms with Crippen molar-refractivity contribution in [1.29, 1.82) is 0 Å². The van der Waals surface area contributed by atoms with E-state index in [9.17, 15) is 5.11 Å². The van der Waals surface area contributed by atoms with Crippen molar-refractivity contribution >= 4 is 10.8 Å². The van der Waals surface area contributed by atoms with Crippen molar-refractivity contribution in [3.05, 3.63) is 42.0 Å². The van der Waals surface area contributed by atoms with E-state index in [1.54, 1.807) is 12.1 Å². The Bertz CT molecular complexity index is 477. The molecule has 0 saturated carbocycles. The second kappa shape index (κ2) is 3.91. The summed E-state index contributed by atoms with van der Waals surface area (Å²) in [7, 11) is 4.11. The fourth-order valence-corrected chi connectivity index (χ4v) is 1.75. The van der Waals surface area contributed by atoms with E-state index in [4.69, 9.17) is 0 Å². The Morgan fingerprint density at radius 3 is 2.40 bits per heavy atom. The zero-order valence-electron chi connectivity index (χ0n) is 9.07. The van der Waals surface area contributed by atoms with Crippen LogP contribution in [0.1, 0.15) is 5.56 Å². The van der Waals surface area contributed by atoms with Gasteiger partial charge in [-0.1, -0.05) is 18.2 Å². The predicted molar refractivity (Wildman–Crippen MR) is 63.0 cm³/mol. The smallest absolute Gasteiger partial charge is 0.116 e. The quantitative estimate of drug-likeness (QED) is 0.807. The van der Waals surface area contributed by atoms with Crippen molar-refractivity contribution in [2.45, 2.75) is 6.54 Å². The fourth-order valence-electron chi connectivity index (χ4n) is 1.75. The van der Waals surface area contributed by atoms with Gasteiger partial charge < -0.3 is 10.0 Å². The highest BCUT2D eigenvalue weighted by atomic mass is 16.3. The number of phenolic OH excluding ortho intramolecular Hbond substituents is 1. The third-order valence-corrected chi connectivity index (χ3v) is 2.39. The minimum absolute atomic E-state index is 0.322. The van der Waals surface area contributed by atoms with E-state index in [1.807, 2.05) is 12.1 Å². The lowest BCUT2D eigenvalue weighted by Crippen LogP contribution is -2.10. The van der Waals surface area contributed by atoms with E-state index in [0.717, 1.165) is 11.9 Å². The number of rotatable bonds is 2. The number of fused-ring (bicyclic) bond motifs is 1. The normalized spacial score (nSPS) is 11.1.